The van der Waals surface area contributed by atoms with Crippen molar-refractivity contribution < 1.29 is 14.3 Å². The van der Waals surface area contributed by atoms with E-state index in [4.69, 9.17) is 4.74 Å². The summed E-state index contributed by atoms with van der Waals surface area (Å²) in [4.78, 5) is 26.9. The number of ether oxygens (including phenoxy) is 1. The van der Waals surface area contributed by atoms with Crippen molar-refractivity contribution in [1.82, 2.24) is 10.2 Å². The Balaban J connectivity index is 1.85. The minimum Gasteiger partial charge on any atom is -0.494 e. The maximum atomic E-state index is 13.0. The Morgan fingerprint density at radius 2 is 1.79 bits per heavy atom. The molecule has 5 nitrogen and oxygen atoms in total. The average molecular weight is 390 g/mol. The molecule has 0 aromatic heterocycles. The number of carbonyl (C=O) groups excluding carboxylic acids is 2. The molecule has 0 unspecified atom stereocenters. The summed E-state index contributed by atoms with van der Waals surface area (Å²) in [6, 6.07) is 14.7. The third-order valence-electron chi connectivity index (χ3n) is 4.79. The molecule has 2 aromatic rings. The minimum atomic E-state index is -0.469. The summed E-state index contributed by atoms with van der Waals surface area (Å²) < 4.78 is 5.44. The Morgan fingerprint density at radius 1 is 1.10 bits per heavy atom. The molecule has 0 saturated heterocycles. The Labute approximate surface area is 171 Å². The second kappa shape index (κ2) is 9.24. The lowest BCUT2D eigenvalue weighted by atomic mass is 9.93. The molecule has 0 bridgehead atoms. The molecule has 1 heterocycles. The van der Waals surface area contributed by atoms with E-state index in [0.717, 1.165) is 22.4 Å². The number of allylic oxidation sites excluding steroid dienone is 1. The van der Waals surface area contributed by atoms with Gasteiger partial charge in [-0.2, -0.15) is 0 Å². The van der Waals surface area contributed by atoms with Gasteiger partial charge in [0.1, 0.15) is 5.75 Å². The number of carbonyl (C=O) groups is 2. The van der Waals surface area contributed by atoms with E-state index in [1.54, 1.807) is 18.4 Å². The first-order valence-corrected chi connectivity index (χ1v) is 9.82. The lowest BCUT2D eigenvalue weighted by molar-refractivity contribution is -0.111. The van der Waals surface area contributed by atoms with Gasteiger partial charge in [0.2, 0.25) is 0 Å². The van der Waals surface area contributed by atoms with Gasteiger partial charge in [0.25, 0.3) is 0 Å². The molecular weight excluding hydrogens is 364 g/mol. The summed E-state index contributed by atoms with van der Waals surface area (Å²) in [5.74, 6) is 0.662. The zero-order valence-corrected chi connectivity index (χ0v) is 17.0. The molecule has 29 heavy (non-hydrogen) atoms. The van der Waals surface area contributed by atoms with Crippen LogP contribution in [0.4, 0.5) is 4.79 Å². The van der Waals surface area contributed by atoms with Crippen molar-refractivity contribution in [2.75, 3.05) is 13.2 Å². The second-order valence-corrected chi connectivity index (χ2v) is 6.86. The molecule has 1 aliphatic rings. The molecule has 0 saturated carbocycles. The Bertz CT molecular complexity index is 928. The molecule has 0 fully saturated rings. The molecule has 1 N–H and O–H groups in total. The fourth-order valence-corrected chi connectivity index (χ4v) is 3.16. The van der Waals surface area contributed by atoms with Crippen LogP contribution in [-0.2, 0) is 4.79 Å². The van der Waals surface area contributed by atoms with Crippen LogP contribution in [0, 0.1) is 6.92 Å². The van der Waals surface area contributed by atoms with Gasteiger partial charge in [-0.1, -0.05) is 48.0 Å². The van der Waals surface area contributed by atoms with Crippen LogP contribution in [0.2, 0.25) is 0 Å². The van der Waals surface area contributed by atoms with Crippen molar-refractivity contribution in [1.29, 1.82) is 0 Å². The number of amides is 2. The van der Waals surface area contributed by atoms with Crippen LogP contribution in [0.15, 0.2) is 66.4 Å². The summed E-state index contributed by atoms with van der Waals surface area (Å²) in [7, 11) is 0. The molecule has 1 atom stereocenters. The van der Waals surface area contributed by atoms with Crippen molar-refractivity contribution in [2.45, 2.75) is 26.8 Å². The molecule has 0 spiro atoms. The predicted molar refractivity (Wildman–Crippen MR) is 115 cm³/mol. The van der Waals surface area contributed by atoms with Crippen LogP contribution >= 0.6 is 0 Å². The van der Waals surface area contributed by atoms with E-state index in [0.29, 0.717) is 18.7 Å². The van der Waals surface area contributed by atoms with E-state index >= 15 is 0 Å². The van der Waals surface area contributed by atoms with Crippen LogP contribution in [0.25, 0.3) is 6.08 Å². The van der Waals surface area contributed by atoms with E-state index in [2.05, 4.69) is 5.32 Å². The molecule has 3 rings (SSSR count). The summed E-state index contributed by atoms with van der Waals surface area (Å²) in [6.45, 7) is 6.92. The summed E-state index contributed by atoms with van der Waals surface area (Å²) >= 11 is 0. The second-order valence-electron chi connectivity index (χ2n) is 6.86. The first-order valence-electron chi connectivity index (χ1n) is 9.82. The van der Waals surface area contributed by atoms with Gasteiger partial charge in [-0.15, -0.1) is 0 Å². The molecular formula is C24H26N2O3. The van der Waals surface area contributed by atoms with Crippen LogP contribution in [0.5, 0.6) is 5.75 Å². The van der Waals surface area contributed by atoms with Gasteiger partial charge in [0.05, 0.1) is 12.6 Å². The van der Waals surface area contributed by atoms with Crippen molar-refractivity contribution in [3.8, 4) is 5.75 Å². The number of hydrogen-bond donors (Lipinski definition) is 1. The highest BCUT2D eigenvalue weighted by Gasteiger charge is 2.30. The number of ketones is 1. The van der Waals surface area contributed by atoms with Crippen molar-refractivity contribution in [3.05, 3.63) is 83.1 Å². The molecule has 0 aliphatic carbocycles. The van der Waals surface area contributed by atoms with Crippen LogP contribution < -0.4 is 10.1 Å². The van der Waals surface area contributed by atoms with Gasteiger partial charge in [0, 0.05) is 18.3 Å². The van der Waals surface area contributed by atoms with Gasteiger partial charge in [-0.25, -0.2) is 4.79 Å². The van der Waals surface area contributed by atoms with Crippen molar-refractivity contribution in [2.24, 2.45) is 0 Å². The smallest absolute Gasteiger partial charge is 0.322 e. The third-order valence-corrected chi connectivity index (χ3v) is 4.79. The standard InChI is InChI=1S/C24H26N2O3/c1-4-26-16-21(23(25-24(26)28)19-11-6-17(3)7-12-19)22(27)15-10-18-8-13-20(14-9-18)29-5-2/h6-16,23H,4-5H2,1-3H3,(H,25,28)/b15-10+/t23-/m1/s1. The van der Waals surface area contributed by atoms with Gasteiger partial charge in [-0.3, -0.25) is 4.79 Å². The van der Waals surface area contributed by atoms with Gasteiger partial charge in [0.15, 0.2) is 5.78 Å². The monoisotopic (exact) mass is 390 g/mol. The summed E-state index contributed by atoms with van der Waals surface area (Å²) in [6.07, 6.45) is 4.99. The number of nitrogens with zero attached hydrogens (tertiary/aromatic N) is 1. The van der Waals surface area contributed by atoms with E-state index in [1.807, 2.05) is 69.3 Å². The topological polar surface area (TPSA) is 58.6 Å². The lowest BCUT2D eigenvalue weighted by Gasteiger charge is -2.31. The highest BCUT2D eigenvalue weighted by Crippen LogP contribution is 2.27. The van der Waals surface area contributed by atoms with Gasteiger partial charge >= 0.3 is 6.03 Å². The molecule has 0 radical (unpaired) electrons. The minimum absolute atomic E-state index is 0.136. The molecule has 2 aromatic carbocycles. The first-order chi connectivity index (χ1) is 14.0. The fraction of sp³-hybridized carbons (Fsp3) is 0.250. The average Bonchev–Trinajstić information content (AvgIpc) is 2.73. The maximum absolute atomic E-state index is 13.0. The van der Waals surface area contributed by atoms with E-state index in [-0.39, 0.29) is 11.8 Å². The SMILES string of the molecule is CCOc1ccc(/C=C/C(=O)C2=CN(CC)C(=O)N[C@@H]2c2ccc(C)cc2)cc1. The normalized spacial score (nSPS) is 16.5. The van der Waals surface area contributed by atoms with E-state index < -0.39 is 6.04 Å². The number of nitrogens with one attached hydrogen (secondary N) is 1. The predicted octanol–water partition coefficient (Wildman–Crippen LogP) is 4.65. The fourth-order valence-electron chi connectivity index (χ4n) is 3.16. The lowest BCUT2D eigenvalue weighted by Crippen LogP contribution is -2.44. The highest BCUT2D eigenvalue weighted by molar-refractivity contribution is 6.08. The number of benzene rings is 2. The number of rotatable bonds is 7. The van der Waals surface area contributed by atoms with Crippen LogP contribution in [0.3, 0.4) is 0 Å². The zero-order valence-electron chi connectivity index (χ0n) is 17.0. The first kappa shape index (κ1) is 20.4. The van der Waals surface area contributed by atoms with Crippen molar-refractivity contribution in [3.63, 3.8) is 0 Å². The van der Waals surface area contributed by atoms with Gasteiger partial charge < -0.3 is 15.0 Å². The third kappa shape index (κ3) is 4.93. The summed E-state index contributed by atoms with van der Waals surface area (Å²) in [5.41, 5.74) is 3.45. The Kier molecular flexibility index (Phi) is 6.50. The Hall–Kier alpha value is -3.34. The highest BCUT2D eigenvalue weighted by atomic mass is 16.5. The van der Waals surface area contributed by atoms with Crippen LogP contribution in [0.1, 0.15) is 36.6 Å². The molecule has 2 amide bonds. The van der Waals surface area contributed by atoms with E-state index in [9.17, 15) is 9.59 Å². The largest absolute Gasteiger partial charge is 0.494 e. The van der Waals surface area contributed by atoms with Crippen LogP contribution in [-0.4, -0.2) is 29.9 Å². The van der Waals surface area contributed by atoms with E-state index in [1.165, 1.54) is 4.90 Å². The quantitative estimate of drug-likeness (QED) is 0.701. The number of aryl methyl sites for hydroxylation is 1. The Morgan fingerprint density at radius 3 is 2.41 bits per heavy atom. The summed E-state index contributed by atoms with van der Waals surface area (Å²) in [5, 5.41) is 2.95. The molecule has 1 aliphatic heterocycles. The number of urea groups is 1. The molecule has 5 heteroatoms. The zero-order chi connectivity index (χ0) is 20.8. The molecule has 150 valence electrons. The van der Waals surface area contributed by atoms with Crippen molar-refractivity contribution >= 4 is 17.9 Å². The maximum Gasteiger partial charge on any atom is 0.322 e. The van der Waals surface area contributed by atoms with Gasteiger partial charge in [-0.05, 0) is 50.1 Å². The number of hydrogen-bond acceptors (Lipinski definition) is 3.